The molecule has 0 fully saturated rings. The number of carbonyl (C=O) groups excluding carboxylic acids is 1. The summed E-state index contributed by atoms with van der Waals surface area (Å²) in [7, 11) is -8.34. The van der Waals surface area contributed by atoms with Gasteiger partial charge in [-0.3, -0.25) is 4.18 Å². The zero-order valence-electron chi connectivity index (χ0n) is 19.7. The molecule has 10 heteroatoms. The monoisotopic (exact) mass is 482 g/mol. The van der Waals surface area contributed by atoms with Gasteiger partial charge in [0.05, 0.1) is 19.5 Å². The van der Waals surface area contributed by atoms with E-state index in [-0.39, 0.29) is 12.6 Å². The van der Waals surface area contributed by atoms with Gasteiger partial charge in [0.2, 0.25) is 0 Å². The molecule has 0 spiro atoms. The van der Waals surface area contributed by atoms with E-state index in [1.807, 2.05) is 0 Å². The zero-order valence-corrected chi connectivity index (χ0v) is 23.5. The number of rotatable bonds is 15. The lowest BCUT2D eigenvalue weighted by Crippen LogP contribution is -2.45. The predicted octanol–water partition coefficient (Wildman–Crippen LogP) is 5.00. The Kier molecular flexibility index (Phi) is 11.8. The van der Waals surface area contributed by atoms with E-state index in [1.54, 1.807) is 6.92 Å². The quantitative estimate of drug-likeness (QED) is 0.107. The minimum atomic E-state index is -3.34. The van der Waals surface area contributed by atoms with Crippen LogP contribution in [0.5, 0.6) is 0 Å². The van der Waals surface area contributed by atoms with Gasteiger partial charge in [-0.2, -0.15) is 8.42 Å². The molecule has 0 heterocycles. The molecule has 0 saturated carbocycles. The molecule has 0 aromatic heterocycles. The van der Waals surface area contributed by atoms with Gasteiger partial charge < -0.3 is 8.85 Å². The summed E-state index contributed by atoms with van der Waals surface area (Å²) in [6, 6.07) is 4.34. The highest BCUT2D eigenvalue weighted by Crippen LogP contribution is 2.28. The number of hydrogen-bond acceptors (Lipinski definition) is 6. The first kappa shape index (κ1) is 28.7. The molecule has 172 valence electrons. The van der Waals surface area contributed by atoms with Crippen LogP contribution in [0.4, 0.5) is 0 Å². The Hall–Kier alpha value is -0.269. The van der Waals surface area contributed by atoms with Crippen LogP contribution in [0, 0.1) is 0 Å². The maximum Gasteiger partial charge on any atom is 0.333 e. The van der Waals surface area contributed by atoms with Crippen LogP contribution in [0.25, 0.3) is 0 Å². The summed E-state index contributed by atoms with van der Waals surface area (Å²) < 4.78 is 38.8. The molecule has 6 nitrogen and oxygen atoms in total. The van der Waals surface area contributed by atoms with Crippen LogP contribution in [0.1, 0.15) is 19.8 Å². The van der Waals surface area contributed by atoms with E-state index < -0.39 is 34.8 Å². The molecular formula is C19H42O6SSi3. The van der Waals surface area contributed by atoms with Crippen molar-refractivity contribution in [2.24, 2.45) is 0 Å². The lowest BCUT2D eigenvalue weighted by Gasteiger charge is -2.36. The van der Waals surface area contributed by atoms with Crippen LogP contribution < -0.4 is 0 Å². The summed E-state index contributed by atoms with van der Waals surface area (Å²) in [4.78, 5) is 11.4. The van der Waals surface area contributed by atoms with E-state index >= 15 is 0 Å². The van der Waals surface area contributed by atoms with Crippen LogP contribution in [0.2, 0.25) is 63.5 Å². The first-order valence-electron chi connectivity index (χ1n) is 10.3. The first-order valence-corrected chi connectivity index (χ1v) is 21.8. The van der Waals surface area contributed by atoms with Crippen molar-refractivity contribution in [3.8, 4) is 0 Å². The van der Waals surface area contributed by atoms with Crippen molar-refractivity contribution in [3.63, 3.8) is 0 Å². The van der Waals surface area contributed by atoms with Crippen molar-refractivity contribution >= 4 is 40.8 Å². The Bertz CT molecular complexity index is 644. The van der Waals surface area contributed by atoms with E-state index in [9.17, 15) is 13.2 Å². The third-order valence-corrected chi connectivity index (χ3v) is 16.6. The fourth-order valence-electron chi connectivity index (χ4n) is 3.16. The molecule has 0 aromatic rings. The smallest absolute Gasteiger partial charge is 0.333 e. The summed E-state index contributed by atoms with van der Waals surface area (Å²) in [5.74, 6) is -0.325. The normalized spacial score (nSPS) is 13.4. The van der Waals surface area contributed by atoms with Gasteiger partial charge in [-0.15, -0.1) is 0 Å². The Labute approximate surface area is 181 Å². The Morgan fingerprint density at radius 2 is 1.38 bits per heavy atom. The Morgan fingerprint density at radius 1 is 0.862 bits per heavy atom. The molecule has 0 radical (unpaired) electrons. The topological polar surface area (TPSA) is 78.9 Å². The average Bonchev–Trinajstić information content (AvgIpc) is 2.52. The van der Waals surface area contributed by atoms with Gasteiger partial charge in [0.15, 0.2) is 16.6 Å². The number of hydrogen-bond donors (Lipinski definition) is 0. The maximum absolute atomic E-state index is 11.4. The van der Waals surface area contributed by atoms with Crippen LogP contribution in [-0.4, -0.2) is 58.6 Å². The minimum Gasteiger partial charge on any atom is -0.462 e. The molecule has 0 unspecified atom stereocenters. The van der Waals surface area contributed by atoms with Crippen molar-refractivity contribution in [2.75, 3.05) is 19.5 Å². The lowest BCUT2D eigenvalue weighted by atomic mass is 10.4. The van der Waals surface area contributed by atoms with Gasteiger partial charge >= 0.3 is 5.97 Å². The molecule has 0 aromatic carbocycles. The van der Waals surface area contributed by atoms with E-state index in [0.29, 0.717) is 12.2 Å². The standard InChI is InChI=1S/C19H42O6SSi3/c1-18(2)19(20)23-12-10-15-28(6,7)25-29(8,9)17-16-27(4,5)14-11-13-24-26(3,21)22/h1,10-17H2,2-9H3. The van der Waals surface area contributed by atoms with Crippen LogP contribution in [0.15, 0.2) is 12.2 Å². The molecule has 0 rings (SSSR count). The van der Waals surface area contributed by atoms with E-state index in [2.05, 4.69) is 45.9 Å². The lowest BCUT2D eigenvalue weighted by molar-refractivity contribution is -0.138. The highest BCUT2D eigenvalue weighted by atomic mass is 32.2. The zero-order chi connectivity index (χ0) is 22.9. The van der Waals surface area contributed by atoms with Crippen molar-refractivity contribution in [2.45, 2.75) is 83.2 Å². The maximum atomic E-state index is 11.4. The van der Waals surface area contributed by atoms with Crippen molar-refractivity contribution in [1.82, 2.24) is 0 Å². The van der Waals surface area contributed by atoms with E-state index in [0.717, 1.165) is 37.2 Å². The largest absolute Gasteiger partial charge is 0.462 e. The number of esters is 1. The molecule has 0 saturated heterocycles. The van der Waals surface area contributed by atoms with Gasteiger partial charge in [0, 0.05) is 13.6 Å². The van der Waals surface area contributed by atoms with Crippen molar-refractivity contribution < 1.29 is 26.2 Å². The molecule has 0 aliphatic heterocycles. The SMILES string of the molecule is C=C(C)C(=O)OCCC[Si](C)(C)O[Si](C)(C)CC[Si](C)(C)CCCOS(C)(=O)=O. The van der Waals surface area contributed by atoms with Crippen LogP contribution >= 0.6 is 0 Å². The summed E-state index contributed by atoms with van der Waals surface area (Å²) in [6.45, 7) is 19.7. The second-order valence-corrected chi connectivity index (χ2v) is 25.8. The Morgan fingerprint density at radius 3 is 1.90 bits per heavy atom. The third kappa shape index (κ3) is 16.1. The molecule has 0 atom stereocenters. The second kappa shape index (κ2) is 11.9. The molecular weight excluding hydrogens is 441 g/mol. The Balaban J connectivity index is 4.35. The fourth-order valence-corrected chi connectivity index (χ4v) is 17.8. The predicted molar refractivity (Wildman–Crippen MR) is 129 cm³/mol. The molecule has 0 aliphatic carbocycles. The molecule has 0 aliphatic rings. The highest BCUT2D eigenvalue weighted by molar-refractivity contribution is 7.85. The third-order valence-electron chi connectivity index (χ3n) is 4.76. The van der Waals surface area contributed by atoms with E-state index in [1.165, 1.54) is 6.04 Å². The van der Waals surface area contributed by atoms with Crippen LogP contribution in [-0.2, 0) is 27.9 Å². The fraction of sp³-hybridized carbons (Fsp3) is 0.842. The molecule has 0 amide bonds. The molecule has 0 bridgehead atoms. The first-order chi connectivity index (χ1) is 12.9. The summed E-state index contributed by atoms with van der Waals surface area (Å²) >= 11 is 0. The highest BCUT2D eigenvalue weighted by Gasteiger charge is 2.34. The number of ether oxygens (including phenoxy) is 1. The van der Waals surface area contributed by atoms with Gasteiger partial charge in [0.25, 0.3) is 10.1 Å². The number of carbonyl (C=O) groups is 1. The van der Waals surface area contributed by atoms with Gasteiger partial charge in [-0.05, 0) is 58.0 Å². The van der Waals surface area contributed by atoms with Gasteiger partial charge in [0.1, 0.15) is 0 Å². The van der Waals surface area contributed by atoms with Gasteiger partial charge in [-0.1, -0.05) is 31.8 Å². The molecule has 29 heavy (non-hydrogen) atoms. The average molecular weight is 483 g/mol. The summed E-state index contributed by atoms with van der Waals surface area (Å²) in [5, 5.41) is 0. The van der Waals surface area contributed by atoms with Crippen LogP contribution in [0.3, 0.4) is 0 Å². The van der Waals surface area contributed by atoms with E-state index in [4.69, 9.17) is 13.0 Å². The summed E-state index contributed by atoms with van der Waals surface area (Å²) in [6.07, 6.45) is 2.71. The second-order valence-electron chi connectivity index (χ2n) is 9.94. The van der Waals surface area contributed by atoms with Crippen molar-refractivity contribution in [3.05, 3.63) is 12.2 Å². The van der Waals surface area contributed by atoms with Gasteiger partial charge in [-0.25, -0.2) is 4.79 Å². The summed E-state index contributed by atoms with van der Waals surface area (Å²) in [5.41, 5.74) is 0.431. The molecule has 0 N–H and O–H groups in total. The minimum absolute atomic E-state index is 0.280. The van der Waals surface area contributed by atoms with Crippen molar-refractivity contribution in [1.29, 1.82) is 0 Å².